The van der Waals surface area contributed by atoms with Crippen LogP contribution in [0, 0.1) is 12.8 Å². The van der Waals surface area contributed by atoms with Gasteiger partial charge in [0, 0.05) is 37.6 Å². The molecule has 2 heterocycles. The largest absolute Gasteiger partial charge is 0.384 e. The molecule has 4 nitrogen and oxygen atoms in total. The summed E-state index contributed by atoms with van der Waals surface area (Å²) >= 11 is 6.24. The molecular weight excluding hydrogens is 262 g/mol. The number of rotatable bonds is 4. The summed E-state index contributed by atoms with van der Waals surface area (Å²) in [5.41, 5.74) is 0.976. The fraction of sp³-hybridized carbons (Fsp3) is 0.714. The van der Waals surface area contributed by atoms with Gasteiger partial charge >= 0.3 is 0 Å². The minimum absolute atomic E-state index is 0.286. The molecular formula is C14H22ClN3O. The average Bonchev–Trinajstić information content (AvgIpc) is 2.81. The molecule has 5 heteroatoms. The van der Waals surface area contributed by atoms with Crippen LogP contribution in [0.1, 0.15) is 37.6 Å². The van der Waals surface area contributed by atoms with Gasteiger partial charge in [-0.05, 0) is 13.3 Å². The molecule has 0 aliphatic carbocycles. The summed E-state index contributed by atoms with van der Waals surface area (Å²) in [6.45, 7) is 8.97. The van der Waals surface area contributed by atoms with Crippen molar-refractivity contribution in [2.75, 3.05) is 31.7 Å². The molecule has 1 aromatic rings. The smallest absolute Gasteiger partial charge is 0.137 e. The van der Waals surface area contributed by atoms with Crippen molar-refractivity contribution < 1.29 is 4.74 Å². The third-order valence-electron chi connectivity index (χ3n) is 3.58. The maximum absolute atomic E-state index is 6.24. The van der Waals surface area contributed by atoms with Gasteiger partial charge in [0.1, 0.15) is 16.8 Å². The number of aromatic nitrogens is 2. The first kappa shape index (κ1) is 14.5. The van der Waals surface area contributed by atoms with Crippen molar-refractivity contribution in [3.63, 3.8) is 0 Å². The third-order valence-corrected chi connectivity index (χ3v) is 3.95. The first-order valence-corrected chi connectivity index (χ1v) is 7.18. The van der Waals surface area contributed by atoms with E-state index in [9.17, 15) is 0 Å². The van der Waals surface area contributed by atoms with E-state index in [1.54, 1.807) is 7.11 Å². The predicted octanol–water partition coefficient (Wildman–Crippen LogP) is 3.03. The van der Waals surface area contributed by atoms with E-state index in [1.807, 2.05) is 6.92 Å². The van der Waals surface area contributed by atoms with Crippen LogP contribution in [0.2, 0.25) is 5.15 Å². The second kappa shape index (κ2) is 6.06. The second-order valence-corrected chi connectivity index (χ2v) is 5.89. The maximum Gasteiger partial charge on any atom is 0.137 e. The lowest BCUT2D eigenvalue weighted by atomic mass is 10.1. The number of nitrogens with zero attached hydrogens (tertiary/aromatic N) is 3. The predicted molar refractivity (Wildman–Crippen MR) is 78.1 cm³/mol. The molecule has 0 radical (unpaired) electrons. The molecule has 1 fully saturated rings. The number of ether oxygens (including phenoxy) is 1. The second-order valence-electron chi connectivity index (χ2n) is 5.53. The minimum atomic E-state index is 0.286. The summed E-state index contributed by atoms with van der Waals surface area (Å²) in [4.78, 5) is 11.4. The van der Waals surface area contributed by atoms with Gasteiger partial charge in [-0.1, -0.05) is 25.4 Å². The summed E-state index contributed by atoms with van der Waals surface area (Å²) in [6, 6.07) is 0. The van der Waals surface area contributed by atoms with Crippen LogP contribution in [0.4, 0.5) is 5.82 Å². The van der Waals surface area contributed by atoms with Crippen LogP contribution in [0.5, 0.6) is 0 Å². The molecule has 1 aromatic heterocycles. The summed E-state index contributed by atoms with van der Waals surface area (Å²) in [6.07, 6.45) is 1.14. The Kier molecular flexibility index (Phi) is 4.63. The minimum Gasteiger partial charge on any atom is -0.384 e. The normalized spacial score (nSPS) is 19.5. The lowest BCUT2D eigenvalue weighted by Gasteiger charge is -2.21. The Balaban J connectivity index is 2.24. The van der Waals surface area contributed by atoms with Crippen molar-refractivity contribution in [3.05, 3.63) is 16.5 Å². The fourth-order valence-electron chi connectivity index (χ4n) is 2.46. The zero-order chi connectivity index (χ0) is 14.0. The molecule has 1 atom stereocenters. The van der Waals surface area contributed by atoms with Gasteiger partial charge in [0.2, 0.25) is 0 Å². The monoisotopic (exact) mass is 283 g/mol. The number of hydrogen-bond acceptors (Lipinski definition) is 4. The Hall–Kier alpha value is -0.870. The van der Waals surface area contributed by atoms with E-state index in [0.29, 0.717) is 11.1 Å². The standard InChI is InChI=1S/C14H22ClN3O/c1-9(2)13-16-12(15)10(3)14(17-13)18-6-5-11(7-18)8-19-4/h9,11H,5-8H2,1-4H3. The lowest BCUT2D eigenvalue weighted by molar-refractivity contribution is 0.161. The molecule has 0 spiro atoms. The van der Waals surface area contributed by atoms with Crippen molar-refractivity contribution in [1.82, 2.24) is 9.97 Å². The summed E-state index contributed by atoms with van der Waals surface area (Å²) < 4.78 is 5.24. The van der Waals surface area contributed by atoms with Gasteiger partial charge in [-0.2, -0.15) is 0 Å². The first-order valence-electron chi connectivity index (χ1n) is 6.80. The molecule has 0 bridgehead atoms. The van der Waals surface area contributed by atoms with Gasteiger partial charge in [-0.3, -0.25) is 0 Å². The highest BCUT2D eigenvalue weighted by Crippen LogP contribution is 2.29. The number of anilines is 1. The first-order chi connectivity index (χ1) is 9.02. The molecule has 2 rings (SSSR count). The molecule has 0 aromatic carbocycles. The molecule has 19 heavy (non-hydrogen) atoms. The zero-order valence-electron chi connectivity index (χ0n) is 12.1. The Bertz CT molecular complexity index is 451. The Morgan fingerprint density at radius 3 is 2.79 bits per heavy atom. The maximum atomic E-state index is 6.24. The summed E-state index contributed by atoms with van der Waals surface area (Å²) in [5, 5.41) is 0.573. The SMILES string of the molecule is COCC1CCN(c2nc(C(C)C)nc(Cl)c2C)C1. The average molecular weight is 284 g/mol. The van der Waals surface area contributed by atoms with Crippen LogP contribution in [0.3, 0.4) is 0 Å². The highest BCUT2D eigenvalue weighted by Gasteiger charge is 2.26. The zero-order valence-corrected chi connectivity index (χ0v) is 12.9. The number of hydrogen-bond donors (Lipinski definition) is 0. The van der Waals surface area contributed by atoms with Gasteiger partial charge in [-0.25, -0.2) is 9.97 Å². The Morgan fingerprint density at radius 1 is 1.42 bits per heavy atom. The van der Waals surface area contributed by atoms with E-state index >= 15 is 0 Å². The van der Waals surface area contributed by atoms with Crippen LogP contribution in [0.25, 0.3) is 0 Å². The van der Waals surface area contributed by atoms with E-state index in [-0.39, 0.29) is 5.92 Å². The van der Waals surface area contributed by atoms with Crippen molar-refractivity contribution in [3.8, 4) is 0 Å². The topological polar surface area (TPSA) is 38.2 Å². The molecule has 0 saturated carbocycles. The summed E-state index contributed by atoms with van der Waals surface area (Å²) in [7, 11) is 1.76. The van der Waals surface area contributed by atoms with Crippen LogP contribution in [-0.2, 0) is 4.74 Å². The third kappa shape index (κ3) is 3.18. The highest BCUT2D eigenvalue weighted by atomic mass is 35.5. The Morgan fingerprint density at radius 2 is 2.16 bits per heavy atom. The molecule has 0 N–H and O–H groups in total. The van der Waals surface area contributed by atoms with E-state index in [0.717, 1.165) is 43.3 Å². The molecule has 1 unspecified atom stereocenters. The van der Waals surface area contributed by atoms with Gasteiger partial charge in [0.25, 0.3) is 0 Å². The molecule has 1 saturated heterocycles. The van der Waals surface area contributed by atoms with Crippen molar-refractivity contribution in [1.29, 1.82) is 0 Å². The lowest BCUT2D eigenvalue weighted by Crippen LogP contribution is -2.24. The van der Waals surface area contributed by atoms with Crippen LogP contribution >= 0.6 is 11.6 Å². The van der Waals surface area contributed by atoms with E-state index in [2.05, 4.69) is 23.7 Å². The van der Waals surface area contributed by atoms with Crippen LogP contribution < -0.4 is 4.90 Å². The van der Waals surface area contributed by atoms with Crippen LogP contribution in [0.15, 0.2) is 0 Å². The number of halogens is 1. The number of methoxy groups -OCH3 is 1. The van der Waals surface area contributed by atoms with E-state index in [1.165, 1.54) is 0 Å². The van der Waals surface area contributed by atoms with E-state index in [4.69, 9.17) is 21.3 Å². The molecule has 0 amide bonds. The molecule has 106 valence electrons. The van der Waals surface area contributed by atoms with Crippen molar-refractivity contribution in [2.45, 2.75) is 33.1 Å². The molecule has 1 aliphatic heterocycles. The summed E-state index contributed by atoms with van der Waals surface area (Å²) in [5.74, 6) is 2.68. The Labute approximate surface area is 120 Å². The highest BCUT2D eigenvalue weighted by molar-refractivity contribution is 6.30. The quantitative estimate of drug-likeness (QED) is 0.796. The van der Waals surface area contributed by atoms with Crippen LogP contribution in [-0.4, -0.2) is 36.8 Å². The van der Waals surface area contributed by atoms with Gasteiger partial charge in [-0.15, -0.1) is 0 Å². The van der Waals surface area contributed by atoms with Crippen molar-refractivity contribution in [2.24, 2.45) is 5.92 Å². The molecule has 1 aliphatic rings. The van der Waals surface area contributed by atoms with E-state index < -0.39 is 0 Å². The van der Waals surface area contributed by atoms with Crippen molar-refractivity contribution >= 4 is 17.4 Å². The van der Waals surface area contributed by atoms with Gasteiger partial charge in [0.05, 0.1) is 6.61 Å². The fourth-order valence-corrected chi connectivity index (χ4v) is 2.63. The van der Waals surface area contributed by atoms with Gasteiger partial charge < -0.3 is 9.64 Å². The van der Waals surface area contributed by atoms with Gasteiger partial charge in [0.15, 0.2) is 0 Å².